The molecule has 34 heavy (non-hydrogen) atoms. The molecule has 186 valence electrons. The van der Waals surface area contributed by atoms with Gasteiger partial charge in [-0.3, -0.25) is 24.7 Å². The van der Waals surface area contributed by atoms with Crippen LogP contribution in [0.15, 0.2) is 30.3 Å². The van der Waals surface area contributed by atoms with Crippen LogP contribution in [0.3, 0.4) is 0 Å². The molecule has 0 saturated carbocycles. The fraction of sp³-hybridized carbons (Fsp3) is 0.600. The van der Waals surface area contributed by atoms with Crippen LogP contribution >= 0.6 is 0 Å². The van der Waals surface area contributed by atoms with Gasteiger partial charge in [0.05, 0.1) is 12.6 Å². The second-order valence-electron chi connectivity index (χ2n) is 9.62. The lowest BCUT2D eigenvalue weighted by Gasteiger charge is -2.33. The molecule has 0 bridgehead atoms. The summed E-state index contributed by atoms with van der Waals surface area (Å²) in [6.45, 7) is 7.50. The van der Waals surface area contributed by atoms with E-state index in [1.54, 1.807) is 27.7 Å². The van der Waals surface area contributed by atoms with Crippen LogP contribution in [0.5, 0.6) is 0 Å². The van der Waals surface area contributed by atoms with E-state index in [1.165, 1.54) is 10.0 Å². The number of hydrogen-bond donors (Lipinski definition) is 1. The highest BCUT2D eigenvalue weighted by atomic mass is 16.6. The van der Waals surface area contributed by atoms with E-state index in [2.05, 4.69) is 5.32 Å². The first-order chi connectivity index (χ1) is 16.1. The first-order valence-corrected chi connectivity index (χ1v) is 11.9. The minimum Gasteiger partial charge on any atom is -0.465 e. The number of rotatable bonds is 8. The Bertz CT molecular complexity index is 898. The summed E-state index contributed by atoms with van der Waals surface area (Å²) in [7, 11) is 0. The van der Waals surface area contributed by atoms with E-state index in [0.29, 0.717) is 19.3 Å². The number of benzene rings is 1. The molecule has 2 aliphatic heterocycles. The molecule has 1 aromatic carbocycles. The number of amides is 2. The van der Waals surface area contributed by atoms with Gasteiger partial charge in [0.15, 0.2) is 6.04 Å². The van der Waals surface area contributed by atoms with Crippen LogP contribution in [0.2, 0.25) is 0 Å². The third kappa shape index (κ3) is 6.34. The number of fused-ring (bicyclic) bond motifs is 1. The van der Waals surface area contributed by atoms with Gasteiger partial charge < -0.3 is 9.47 Å². The normalized spacial score (nSPS) is 21.6. The average Bonchev–Trinajstić information content (AvgIpc) is 3.19. The highest BCUT2D eigenvalue weighted by molar-refractivity contribution is 5.93. The first-order valence-electron chi connectivity index (χ1n) is 11.9. The smallest absolute Gasteiger partial charge is 0.331 e. The lowest BCUT2D eigenvalue weighted by molar-refractivity contribution is -0.174. The minimum absolute atomic E-state index is 0.134. The Morgan fingerprint density at radius 3 is 2.50 bits per heavy atom. The molecule has 2 heterocycles. The van der Waals surface area contributed by atoms with Gasteiger partial charge in [-0.15, -0.1) is 0 Å². The molecule has 0 spiro atoms. The molecule has 0 radical (unpaired) electrons. The van der Waals surface area contributed by atoms with Crippen LogP contribution < -0.4 is 5.32 Å². The van der Waals surface area contributed by atoms with Gasteiger partial charge in [-0.05, 0) is 52.5 Å². The summed E-state index contributed by atoms with van der Waals surface area (Å²) in [5, 5.41) is 5.73. The largest absolute Gasteiger partial charge is 0.465 e. The summed E-state index contributed by atoms with van der Waals surface area (Å²) < 4.78 is 10.7. The molecule has 2 saturated heterocycles. The lowest BCUT2D eigenvalue weighted by Crippen LogP contribution is -2.57. The van der Waals surface area contributed by atoms with Crippen molar-refractivity contribution in [1.29, 1.82) is 0 Å². The van der Waals surface area contributed by atoms with Crippen molar-refractivity contribution in [3.63, 3.8) is 0 Å². The van der Waals surface area contributed by atoms with Crippen LogP contribution in [-0.2, 0) is 35.1 Å². The number of carbonyl (C=O) groups is 4. The Balaban J connectivity index is 1.78. The standard InChI is InChI=1S/C25H35N3O6/c1-5-33-23(31)19(12-11-17-9-7-6-8-10-17)26-18-13-14-21(29)27-16-15-20(28(27)22(18)30)24(32)34-25(2,3)4/h6-10,18-20,26H,5,11-16H2,1-4H3. The topological polar surface area (TPSA) is 105 Å². The molecule has 3 atom stereocenters. The summed E-state index contributed by atoms with van der Waals surface area (Å²) in [5.74, 6) is -1.61. The van der Waals surface area contributed by atoms with Crippen molar-refractivity contribution in [3.8, 4) is 0 Å². The maximum atomic E-state index is 13.6. The molecular weight excluding hydrogens is 438 g/mol. The Morgan fingerprint density at radius 1 is 1.15 bits per heavy atom. The number of nitrogens with one attached hydrogen (secondary N) is 1. The summed E-state index contributed by atoms with van der Waals surface area (Å²) in [6.07, 6.45) is 1.73. The first kappa shape index (κ1) is 25.7. The Labute approximate surface area is 200 Å². The Morgan fingerprint density at radius 2 is 1.85 bits per heavy atom. The molecule has 2 fully saturated rings. The van der Waals surface area contributed by atoms with Crippen molar-refractivity contribution in [2.45, 2.75) is 83.5 Å². The number of hydrogen-bond acceptors (Lipinski definition) is 7. The van der Waals surface area contributed by atoms with E-state index in [9.17, 15) is 19.2 Å². The Hall–Kier alpha value is -2.94. The maximum absolute atomic E-state index is 13.6. The second-order valence-corrected chi connectivity index (χ2v) is 9.62. The quantitative estimate of drug-likeness (QED) is 0.576. The molecule has 0 aromatic heterocycles. The molecule has 0 aliphatic carbocycles. The highest BCUT2D eigenvalue weighted by Crippen LogP contribution is 2.27. The molecule has 1 N–H and O–H groups in total. The molecular formula is C25H35N3O6. The monoisotopic (exact) mass is 473 g/mol. The van der Waals surface area contributed by atoms with Crippen molar-refractivity contribution in [2.24, 2.45) is 0 Å². The van der Waals surface area contributed by atoms with E-state index in [-0.39, 0.29) is 31.9 Å². The molecule has 3 unspecified atom stereocenters. The summed E-state index contributed by atoms with van der Waals surface area (Å²) in [5.41, 5.74) is 0.352. The zero-order valence-electron chi connectivity index (χ0n) is 20.4. The predicted octanol–water partition coefficient (Wildman–Crippen LogP) is 1.99. The van der Waals surface area contributed by atoms with Crippen LogP contribution in [0.25, 0.3) is 0 Å². The summed E-state index contributed by atoms with van der Waals surface area (Å²) >= 11 is 0. The third-order valence-corrected chi connectivity index (χ3v) is 5.85. The van der Waals surface area contributed by atoms with Crippen molar-refractivity contribution in [3.05, 3.63) is 35.9 Å². The van der Waals surface area contributed by atoms with Crippen LogP contribution in [0.4, 0.5) is 0 Å². The number of hydrazine groups is 1. The number of nitrogens with zero attached hydrogens (tertiary/aromatic N) is 2. The van der Waals surface area contributed by atoms with Gasteiger partial charge >= 0.3 is 11.9 Å². The van der Waals surface area contributed by atoms with Crippen LogP contribution in [-0.4, -0.2) is 70.6 Å². The highest BCUT2D eigenvalue weighted by Gasteiger charge is 2.48. The number of carbonyl (C=O) groups excluding carboxylic acids is 4. The van der Waals surface area contributed by atoms with Crippen LogP contribution in [0, 0.1) is 0 Å². The number of ether oxygens (including phenoxy) is 2. The van der Waals surface area contributed by atoms with E-state index in [4.69, 9.17) is 9.47 Å². The van der Waals surface area contributed by atoms with Gasteiger partial charge in [0, 0.05) is 19.4 Å². The van der Waals surface area contributed by atoms with E-state index in [0.717, 1.165) is 5.56 Å². The maximum Gasteiger partial charge on any atom is 0.331 e. The van der Waals surface area contributed by atoms with Crippen molar-refractivity contribution in [2.75, 3.05) is 13.2 Å². The molecule has 1 aromatic rings. The minimum atomic E-state index is -0.872. The molecule has 2 aliphatic rings. The average molecular weight is 474 g/mol. The van der Waals surface area contributed by atoms with E-state index in [1.807, 2.05) is 30.3 Å². The molecule has 2 amide bonds. The molecule has 3 rings (SSSR count). The number of aryl methyl sites for hydroxylation is 1. The van der Waals surface area contributed by atoms with E-state index >= 15 is 0 Å². The number of esters is 2. The zero-order chi connectivity index (χ0) is 24.9. The summed E-state index contributed by atoms with van der Waals surface area (Å²) in [6, 6.07) is 7.34. The zero-order valence-corrected chi connectivity index (χ0v) is 20.4. The fourth-order valence-electron chi connectivity index (χ4n) is 4.29. The van der Waals surface area contributed by atoms with Crippen molar-refractivity contribution in [1.82, 2.24) is 15.3 Å². The molecule has 9 heteroatoms. The van der Waals surface area contributed by atoms with Gasteiger partial charge in [-0.2, -0.15) is 0 Å². The van der Waals surface area contributed by atoms with Gasteiger partial charge in [0.2, 0.25) is 5.91 Å². The lowest BCUT2D eigenvalue weighted by atomic mass is 10.0. The summed E-state index contributed by atoms with van der Waals surface area (Å²) in [4.78, 5) is 51.8. The predicted molar refractivity (Wildman–Crippen MR) is 124 cm³/mol. The SMILES string of the molecule is CCOC(=O)C(CCc1ccccc1)NC1CCC(=O)N2CCC(C(=O)OC(C)(C)C)N2C1=O. The van der Waals surface area contributed by atoms with Gasteiger partial charge in [0.1, 0.15) is 11.6 Å². The van der Waals surface area contributed by atoms with Crippen molar-refractivity contribution < 1.29 is 28.7 Å². The van der Waals surface area contributed by atoms with Gasteiger partial charge in [0.25, 0.3) is 5.91 Å². The van der Waals surface area contributed by atoms with Gasteiger partial charge in [-0.25, -0.2) is 9.80 Å². The van der Waals surface area contributed by atoms with Gasteiger partial charge in [-0.1, -0.05) is 30.3 Å². The fourth-order valence-corrected chi connectivity index (χ4v) is 4.29. The van der Waals surface area contributed by atoms with E-state index < -0.39 is 41.6 Å². The Kier molecular flexibility index (Phi) is 8.30. The molecule has 9 nitrogen and oxygen atoms in total. The second kappa shape index (κ2) is 11.0. The van der Waals surface area contributed by atoms with Crippen LogP contribution in [0.1, 0.15) is 58.9 Å². The third-order valence-electron chi connectivity index (χ3n) is 5.85. The van der Waals surface area contributed by atoms with Crippen molar-refractivity contribution >= 4 is 23.8 Å².